The molecule has 0 atom stereocenters. The van der Waals surface area contributed by atoms with Crippen LogP contribution >= 0.6 is 0 Å². The van der Waals surface area contributed by atoms with Gasteiger partial charge in [0.2, 0.25) is 0 Å². The normalized spacial score (nSPS) is 12.8. The van der Waals surface area contributed by atoms with Gasteiger partial charge in [0.15, 0.2) is 5.49 Å². The van der Waals surface area contributed by atoms with Crippen molar-refractivity contribution in [2.24, 2.45) is 9.98 Å². The largest absolute Gasteiger partial charge is 0.277 e. The van der Waals surface area contributed by atoms with Gasteiger partial charge in [-0.1, -0.05) is 18.2 Å². The molecule has 0 N–H and O–H groups in total. The van der Waals surface area contributed by atoms with Crippen LogP contribution in [-0.2, 0) is 6.54 Å². The van der Waals surface area contributed by atoms with Gasteiger partial charge in [0.1, 0.15) is 5.36 Å². The van der Waals surface area contributed by atoms with E-state index in [-0.39, 0.29) is 0 Å². The lowest BCUT2D eigenvalue weighted by molar-refractivity contribution is 0.997. The van der Waals surface area contributed by atoms with Gasteiger partial charge in [-0.05, 0) is 23.8 Å². The summed E-state index contributed by atoms with van der Waals surface area (Å²) in [5.74, 6) is 0. The van der Waals surface area contributed by atoms with Crippen molar-refractivity contribution in [3.05, 3.63) is 59.0 Å². The average molecular weight is 195 g/mol. The molecule has 1 aliphatic heterocycles. The molecule has 0 saturated heterocycles. The Morgan fingerprint density at radius 1 is 1.00 bits per heavy atom. The zero-order chi connectivity index (χ0) is 10.1. The molecule has 0 saturated carbocycles. The van der Waals surface area contributed by atoms with E-state index >= 15 is 0 Å². The summed E-state index contributed by atoms with van der Waals surface area (Å²) in [5.41, 5.74) is 2.83. The van der Waals surface area contributed by atoms with Gasteiger partial charge in [0, 0.05) is 6.20 Å². The second-order valence-electron chi connectivity index (χ2n) is 3.40. The number of aromatic nitrogens is 1. The second kappa shape index (κ2) is 3.28. The third-order valence-corrected chi connectivity index (χ3v) is 2.40. The summed E-state index contributed by atoms with van der Waals surface area (Å²) in [5, 5.41) is 0.869. The van der Waals surface area contributed by atoms with Gasteiger partial charge < -0.3 is 0 Å². The number of benzene rings is 1. The van der Waals surface area contributed by atoms with Crippen molar-refractivity contribution >= 4 is 5.69 Å². The topological polar surface area (TPSA) is 37.6 Å². The highest BCUT2D eigenvalue weighted by molar-refractivity contribution is 5.46. The predicted octanol–water partition coefficient (Wildman–Crippen LogP) is 1.17. The lowest BCUT2D eigenvalue weighted by Crippen LogP contribution is -2.27. The molecule has 0 radical (unpaired) electrons. The zero-order valence-electron chi connectivity index (χ0n) is 8.09. The Hall–Kier alpha value is -2.03. The number of para-hydroxylation sites is 1. The van der Waals surface area contributed by atoms with Crippen LogP contribution in [0.2, 0.25) is 0 Å². The van der Waals surface area contributed by atoms with Crippen molar-refractivity contribution in [3.8, 4) is 0 Å². The van der Waals surface area contributed by atoms with Crippen molar-refractivity contribution in [3.63, 3.8) is 0 Å². The van der Waals surface area contributed by atoms with Gasteiger partial charge in [-0.25, -0.2) is 9.98 Å². The first-order valence-corrected chi connectivity index (χ1v) is 4.86. The summed E-state index contributed by atoms with van der Waals surface area (Å²) in [4.78, 5) is 13.2. The lowest BCUT2D eigenvalue weighted by Gasteiger charge is -1.98. The molecule has 0 amide bonds. The smallest absolute Gasteiger partial charge is 0.178 e. The molecule has 3 rings (SSSR count). The van der Waals surface area contributed by atoms with Crippen LogP contribution in [-0.4, -0.2) is 4.98 Å². The molecule has 72 valence electrons. The van der Waals surface area contributed by atoms with Crippen LogP contribution in [0.15, 0.2) is 52.6 Å². The van der Waals surface area contributed by atoms with E-state index in [9.17, 15) is 0 Å². The minimum Gasteiger partial charge on any atom is -0.277 e. The third-order valence-electron chi connectivity index (χ3n) is 2.40. The Kier molecular flexibility index (Phi) is 1.81. The van der Waals surface area contributed by atoms with Gasteiger partial charge in [0.05, 0.1) is 12.2 Å². The Bertz CT molecular complexity index is 617. The van der Waals surface area contributed by atoms with E-state index in [2.05, 4.69) is 15.0 Å². The first-order chi connectivity index (χ1) is 7.43. The molecule has 0 unspecified atom stereocenters. The van der Waals surface area contributed by atoms with Crippen LogP contribution in [0.4, 0.5) is 5.69 Å². The zero-order valence-corrected chi connectivity index (χ0v) is 8.09. The number of hydrogen-bond acceptors (Lipinski definition) is 3. The monoisotopic (exact) mass is 195 g/mol. The van der Waals surface area contributed by atoms with Gasteiger partial charge in [-0.3, -0.25) is 4.99 Å². The van der Waals surface area contributed by atoms with Gasteiger partial charge in [-0.15, -0.1) is 0 Å². The average Bonchev–Trinajstić information content (AvgIpc) is 2.48. The third kappa shape index (κ3) is 1.42. The van der Waals surface area contributed by atoms with Crippen molar-refractivity contribution in [1.29, 1.82) is 0 Å². The van der Waals surface area contributed by atoms with Crippen LogP contribution in [0.1, 0.15) is 5.56 Å². The van der Waals surface area contributed by atoms with E-state index in [4.69, 9.17) is 0 Å². The lowest BCUT2D eigenvalue weighted by atomic mass is 10.2. The molecule has 0 spiro atoms. The Labute approximate surface area is 86.9 Å². The molecule has 15 heavy (non-hydrogen) atoms. The maximum absolute atomic E-state index is 4.50. The number of nitrogens with zero attached hydrogens (tertiary/aromatic N) is 3. The summed E-state index contributed by atoms with van der Waals surface area (Å²) < 4.78 is 0. The van der Waals surface area contributed by atoms with Crippen molar-refractivity contribution in [2.75, 3.05) is 0 Å². The van der Waals surface area contributed by atoms with Crippen molar-refractivity contribution in [2.45, 2.75) is 6.54 Å². The summed E-state index contributed by atoms with van der Waals surface area (Å²) in [6.07, 6.45) is 1.74. The Morgan fingerprint density at radius 3 is 2.93 bits per heavy atom. The SMILES string of the molecule is c1ccc2c(c1)CN=c1cccnc1=N2. The van der Waals surface area contributed by atoms with Gasteiger partial charge in [0.25, 0.3) is 0 Å². The van der Waals surface area contributed by atoms with Crippen LogP contribution < -0.4 is 10.8 Å². The standard InChI is InChI=1S/C12H9N3/c1-2-5-10-9(4-1)8-14-11-6-3-7-13-12(11)15-10/h1-7H,8H2. The molecule has 1 aromatic carbocycles. The Balaban J connectivity index is 2.36. The maximum Gasteiger partial charge on any atom is 0.178 e. The van der Waals surface area contributed by atoms with Gasteiger partial charge in [-0.2, -0.15) is 0 Å². The molecule has 0 fully saturated rings. The van der Waals surface area contributed by atoms with E-state index in [1.165, 1.54) is 0 Å². The summed E-state index contributed by atoms with van der Waals surface area (Å²) in [6.45, 7) is 0.679. The fourth-order valence-corrected chi connectivity index (χ4v) is 1.64. The fraction of sp³-hybridized carbons (Fsp3) is 0.0833. The minimum absolute atomic E-state index is 0.679. The molecule has 2 aromatic rings. The maximum atomic E-state index is 4.50. The van der Waals surface area contributed by atoms with Crippen LogP contribution in [0.3, 0.4) is 0 Å². The van der Waals surface area contributed by atoms with Crippen molar-refractivity contribution in [1.82, 2.24) is 4.98 Å². The summed E-state index contributed by atoms with van der Waals surface area (Å²) >= 11 is 0. The van der Waals surface area contributed by atoms with E-state index < -0.39 is 0 Å². The van der Waals surface area contributed by atoms with Crippen LogP contribution in [0, 0.1) is 0 Å². The quantitative estimate of drug-likeness (QED) is 0.621. The molecule has 0 bridgehead atoms. The number of hydrogen-bond donors (Lipinski definition) is 0. The molecule has 1 aliphatic rings. The van der Waals surface area contributed by atoms with Crippen LogP contribution in [0.5, 0.6) is 0 Å². The number of pyridine rings is 1. The minimum atomic E-state index is 0.679. The molecule has 2 heterocycles. The van der Waals surface area contributed by atoms with Crippen LogP contribution in [0.25, 0.3) is 0 Å². The highest BCUT2D eigenvalue weighted by atomic mass is 14.9. The second-order valence-corrected chi connectivity index (χ2v) is 3.40. The highest BCUT2D eigenvalue weighted by Gasteiger charge is 2.02. The molecular weight excluding hydrogens is 186 g/mol. The predicted molar refractivity (Wildman–Crippen MR) is 56.4 cm³/mol. The number of fused-ring (bicyclic) bond motifs is 2. The van der Waals surface area contributed by atoms with Crippen molar-refractivity contribution < 1.29 is 0 Å². The van der Waals surface area contributed by atoms with E-state index in [1.807, 2.05) is 36.4 Å². The molecular formula is C12H9N3. The van der Waals surface area contributed by atoms with Gasteiger partial charge >= 0.3 is 0 Å². The fourth-order valence-electron chi connectivity index (χ4n) is 1.64. The van der Waals surface area contributed by atoms with E-state index in [0.717, 1.165) is 16.6 Å². The van der Waals surface area contributed by atoms with E-state index in [0.29, 0.717) is 12.0 Å². The first-order valence-electron chi connectivity index (χ1n) is 4.86. The first kappa shape index (κ1) is 8.29. The highest BCUT2D eigenvalue weighted by Crippen LogP contribution is 2.18. The molecule has 1 aromatic heterocycles. The molecule has 3 heteroatoms. The number of rotatable bonds is 0. The Morgan fingerprint density at radius 2 is 1.93 bits per heavy atom. The molecule has 3 nitrogen and oxygen atoms in total. The summed E-state index contributed by atoms with van der Waals surface area (Å²) in [7, 11) is 0. The van der Waals surface area contributed by atoms with E-state index in [1.54, 1.807) is 6.20 Å². The molecule has 0 aliphatic carbocycles. The summed E-state index contributed by atoms with van der Waals surface area (Å²) in [6, 6.07) is 11.9.